The maximum absolute atomic E-state index is 12.9. The van der Waals surface area contributed by atoms with Crippen molar-refractivity contribution in [2.75, 3.05) is 30.0 Å². The van der Waals surface area contributed by atoms with Crippen LogP contribution < -0.4 is 10.6 Å². The summed E-state index contributed by atoms with van der Waals surface area (Å²) >= 11 is 2.77. The SMILES string of the molecule is COC(=O)c1c(NC(=O)CSc2cccc(NC(=O)c3ccco3)c2)sc2c1CCN(Cc1ccccc1)C2. The number of rotatable bonds is 9. The standard InChI is InChI=1S/C29H27N3O5S2/c1-36-29(35)26-22-12-13-32(16-19-7-3-2-4-8-19)17-24(22)39-28(26)31-25(33)18-38-21-10-5-9-20(15-21)30-27(34)23-11-6-14-37-23/h2-11,14-15H,12-13,16-18H2,1H3,(H,30,34)(H,31,33). The summed E-state index contributed by atoms with van der Waals surface area (Å²) in [5, 5.41) is 6.25. The number of thioether (sulfide) groups is 1. The Morgan fingerprint density at radius 1 is 1.05 bits per heavy atom. The third-order valence-corrected chi connectivity index (χ3v) is 8.36. The molecule has 1 aliphatic heterocycles. The van der Waals surface area contributed by atoms with Crippen LogP contribution >= 0.6 is 23.1 Å². The van der Waals surface area contributed by atoms with Crippen molar-refractivity contribution in [1.29, 1.82) is 0 Å². The summed E-state index contributed by atoms with van der Waals surface area (Å²) in [4.78, 5) is 42.1. The summed E-state index contributed by atoms with van der Waals surface area (Å²) < 4.78 is 10.2. The second-order valence-corrected chi connectivity index (χ2v) is 11.1. The number of carbonyl (C=O) groups excluding carboxylic acids is 3. The van der Waals surface area contributed by atoms with Crippen molar-refractivity contribution < 1.29 is 23.5 Å². The Kier molecular flexibility index (Phi) is 8.45. The van der Waals surface area contributed by atoms with Crippen LogP contribution in [0.4, 0.5) is 10.7 Å². The smallest absolute Gasteiger partial charge is 0.341 e. The summed E-state index contributed by atoms with van der Waals surface area (Å²) in [6.07, 6.45) is 2.15. The van der Waals surface area contributed by atoms with E-state index < -0.39 is 5.97 Å². The maximum atomic E-state index is 12.9. The average Bonchev–Trinajstić information content (AvgIpc) is 3.60. The Morgan fingerprint density at radius 2 is 1.90 bits per heavy atom. The number of benzene rings is 2. The number of fused-ring (bicyclic) bond motifs is 1. The van der Waals surface area contributed by atoms with Crippen molar-refractivity contribution in [2.24, 2.45) is 0 Å². The number of carbonyl (C=O) groups is 3. The first-order valence-corrected chi connectivity index (χ1v) is 14.2. The molecule has 4 aromatic rings. The highest BCUT2D eigenvalue weighted by Crippen LogP contribution is 2.38. The molecule has 0 atom stereocenters. The third-order valence-electron chi connectivity index (χ3n) is 6.23. The number of hydrogen-bond donors (Lipinski definition) is 2. The maximum Gasteiger partial charge on any atom is 0.341 e. The van der Waals surface area contributed by atoms with E-state index in [-0.39, 0.29) is 23.3 Å². The summed E-state index contributed by atoms with van der Waals surface area (Å²) in [5.74, 6) is -0.657. The molecule has 2 aromatic carbocycles. The fraction of sp³-hybridized carbons (Fsp3) is 0.207. The Morgan fingerprint density at radius 3 is 2.67 bits per heavy atom. The summed E-state index contributed by atoms with van der Waals surface area (Å²) in [6.45, 7) is 2.35. The minimum Gasteiger partial charge on any atom is -0.465 e. The lowest BCUT2D eigenvalue weighted by molar-refractivity contribution is -0.113. The van der Waals surface area contributed by atoms with E-state index in [1.807, 2.05) is 30.3 Å². The predicted octanol–water partition coefficient (Wildman–Crippen LogP) is 5.67. The number of hydrogen-bond acceptors (Lipinski definition) is 8. The number of amides is 2. The van der Waals surface area contributed by atoms with Crippen molar-refractivity contribution in [3.05, 3.63) is 100 Å². The van der Waals surface area contributed by atoms with E-state index in [9.17, 15) is 14.4 Å². The largest absolute Gasteiger partial charge is 0.465 e. The molecule has 200 valence electrons. The van der Waals surface area contributed by atoms with Gasteiger partial charge in [-0.2, -0.15) is 0 Å². The molecule has 0 aliphatic carbocycles. The Hall–Kier alpha value is -3.86. The first-order chi connectivity index (χ1) is 19.0. The van der Waals surface area contributed by atoms with E-state index in [4.69, 9.17) is 9.15 Å². The van der Waals surface area contributed by atoms with E-state index in [0.717, 1.165) is 28.4 Å². The number of methoxy groups -OCH3 is 1. The van der Waals surface area contributed by atoms with E-state index in [0.29, 0.717) is 29.2 Å². The van der Waals surface area contributed by atoms with Gasteiger partial charge in [-0.1, -0.05) is 36.4 Å². The summed E-state index contributed by atoms with van der Waals surface area (Å²) in [7, 11) is 1.36. The van der Waals surface area contributed by atoms with Gasteiger partial charge >= 0.3 is 5.97 Å². The number of thiophene rings is 1. The van der Waals surface area contributed by atoms with Gasteiger partial charge in [-0.05, 0) is 47.9 Å². The van der Waals surface area contributed by atoms with Gasteiger partial charge in [0.2, 0.25) is 5.91 Å². The molecule has 10 heteroatoms. The minimum absolute atomic E-state index is 0.138. The second-order valence-electron chi connectivity index (χ2n) is 8.94. The molecule has 3 heterocycles. The van der Waals surface area contributed by atoms with E-state index >= 15 is 0 Å². The van der Waals surface area contributed by atoms with Gasteiger partial charge < -0.3 is 19.8 Å². The monoisotopic (exact) mass is 561 g/mol. The van der Waals surface area contributed by atoms with Crippen molar-refractivity contribution in [1.82, 2.24) is 4.90 Å². The van der Waals surface area contributed by atoms with Gasteiger partial charge in [0.05, 0.1) is 24.7 Å². The normalized spacial score (nSPS) is 12.9. The highest BCUT2D eigenvalue weighted by Gasteiger charge is 2.29. The highest BCUT2D eigenvalue weighted by atomic mass is 32.2. The summed E-state index contributed by atoms with van der Waals surface area (Å²) in [6, 6.07) is 20.8. The molecule has 0 unspecified atom stereocenters. The molecule has 2 N–H and O–H groups in total. The van der Waals surface area contributed by atoms with E-state index in [1.165, 1.54) is 42.0 Å². The molecule has 0 saturated heterocycles. The Bertz CT molecular complexity index is 1470. The van der Waals surface area contributed by atoms with E-state index in [2.05, 4.69) is 27.7 Å². The van der Waals surface area contributed by atoms with Crippen LogP contribution in [0.25, 0.3) is 0 Å². The molecule has 0 bridgehead atoms. The third kappa shape index (κ3) is 6.59. The van der Waals surface area contributed by atoms with Crippen LogP contribution in [0.5, 0.6) is 0 Å². The minimum atomic E-state index is -0.438. The molecule has 1 aliphatic rings. The lowest BCUT2D eigenvalue weighted by Crippen LogP contribution is -2.29. The van der Waals surface area contributed by atoms with Gasteiger partial charge in [0.15, 0.2) is 5.76 Å². The van der Waals surface area contributed by atoms with Gasteiger partial charge in [-0.25, -0.2) is 4.79 Å². The Labute approximate surface area is 234 Å². The molecule has 5 rings (SSSR count). The van der Waals surface area contributed by atoms with Gasteiger partial charge in [-0.3, -0.25) is 14.5 Å². The van der Waals surface area contributed by atoms with Crippen molar-refractivity contribution in [3.8, 4) is 0 Å². The zero-order valence-corrected chi connectivity index (χ0v) is 22.9. The molecule has 0 saturated carbocycles. The fourth-order valence-electron chi connectivity index (χ4n) is 4.41. The van der Waals surface area contributed by atoms with Crippen LogP contribution in [0, 0.1) is 0 Å². The number of anilines is 2. The van der Waals surface area contributed by atoms with Crippen LogP contribution in [-0.2, 0) is 29.0 Å². The number of nitrogens with one attached hydrogen (secondary N) is 2. The van der Waals surface area contributed by atoms with Crippen LogP contribution in [0.3, 0.4) is 0 Å². The molecule has 0 radical (unpaired) electrons. The van der Waals surface area contributed by atoms with Gasteiger partial charge in [0, 0.05) is 35.1 Å². The predicted molar refractivity (Wildman–Crippen MR) is 152 cm³/mol. The van der Waals surface area contributed by atoms with Crippen molar-refractivity contribution in [3.63, 3.8) is 0 Å². The second kappa shape index (κ2) is 12.3. The van der Waals surface area contributed by atoms with Crippen LogP contribution in [0.1, 0.15) is 36.9 Å². The van der Waals surface area contributed by atoms with Crippen LogP contribution in [0.2, 0.25) is 0 Å². The average molecular weight is 562 g/mol. The molecular weight excluding hydrogens is 534 g/mol. The molecule has 39 heavy (non-hydrogen) atoms. The molecule has 0 spiro atoms. The lowest BCUT2D eigenvalue weighted by Gasteiger charge is -2.27. The fourth-order valence-corrected chi connectivity index (χ4v) is 6.46. The molecule has 8 nitrogen and oxygen atoms in total. The van der Waals surface area contributed by atoms with Crippen LogP contribution in [-0.4, -0.2) is 42.1 Å². The van der Waals surface area contributed by atoms with Gasteiger partial charge in [0.1, 0.15) is 5.00 Å². The van der Waals surface area contributed by atoms with Crippen LogP contribution in [0.15, 0.2) is 82.3 Å². The molecular formula is C29H27N3O5S2. The molecule has 2 amide bonds. The zero-order chi connectivity index (χ0) is 27.2. The molecule has 0 fully saturated rings. The Balaban J connectivity index is 1.23. The van der Waals surface area contributed by atoms with Crippen molar-refractivity contribution >= 4 is 51.6 Å². The van der Waals surface area contributed by atoms with E-state index in [1.54, 1.807) is 24.3 Å². The quantitative estimate of drug-likeness (QED) is 0.201. The molecule has 2 aromatic heterocycles. The summed E-state index contributed by atoms with van der Waals surface area (Å²) in [5.41, 5.74) is 3.25. The first kappa shape index (κ1) is 26.7. The topological polar surface area (TPSA) is 101 Å². The number of ether oxygens (including phenoxy) is 1. The zero-order valence-electron chi connectivity index (χ0n) is 21.3. The lowest BCUT2D eigenvalue weighted by atomic mass is 10.0. The number of esters is 1. The first-order valence-electron chi connectivity index (χ1n) is 12.4. The number of nitrogens with zero attached hydrogens (tertiary/aromatic N) is 1. The van der Waals surface area contributed by atoms with Gasteiger partial charge in [0.25, 0.3) is 5.91 Å². The highest BCUT2D eigenvalue weighted by molar-refractivity contribution is 8.00. The van der Waals surface area contributed by atoms with Crippen molar-refractivity contribution in [2.45, 2.75) is 24.4 Å². The number of furan rings is 1. The van der Waals surface area contributed by atoms with Gasteiger partial charge in [-0.15, -0.1) is 23.1 Å².